The minimum Gasteiger partial charge on any atom is -0.454 e. The topological polar surface area (TPSA) is 136 Å². The van der Waals surface area contributed by atoms with Gasteiger partial charge in [-0.15, -0.1) is 0 Å². The summed E-state index contributed by atoms with van der Waals surface area (Å²) in [6.07, 6.45) is 0.630. The van der Waals surface area contributed by atoms with E-state index in [0.29, 0.717) is 49.8 Å². The van der Waals surface area contributed by atoms with E-state index in [4.69, 9.17) is 15.2 Å². The lowest BCUT2D eigenvalue weighted by atomic mass is 10.3. The van der Waals surface area contributed by atoms with Gasteiger partial charge >= 0.3 is 6.03 Å². The van der Waals surface area contributed by atoms with Gasteiger partial charge in [0.2, 0.25) is 18.3 Å². The molecule has 27 heavy (non-hydrogen) atoms. The molecule has 2 aromatic rings. The molecule has 11 heteroatoms. The molecule has 0 aliphatic carbocycles. The Hall–Kier alpha value is -3.50. The highest BCUT2D eigenvalue weighted by atomic mass is 16.7. The summed E-state index contributed by atoms with van der Waals surface area (Å²) in [6, 6.07) is 4.97. The number of urea groups is 1. The van der Waals surface area contributed by atoms with Crippen molar-refractivity contribution in [1.29, 1.82) is 0 Å². The molecule has 0 atom stereocenters. The van der Waals surface area contributed by atoms with E-state index in [1.54, 1.807) is 28.0 Å². The number of fused-ring (bicyclic) bond motifs is 1. The predicted molar refractivity (Wildman–Crippen MR) is 92.4 cm³/mol. The van der Waals surface area contributed by atoms with Crippen molar-refractivity contribution in [1.82, 2.24) is 20.1 Å². The fourth-order valence-corrected chi connectivity index (χ4v) is 2.99. The molecule has 3 amide bonds. The highest BCUT2D eigenvalue weighted by Gasteiger charge is 2.26. The maximum absolute atomic E-state index is 12.6. The van der Waals surface area contributed by atoms with Crippen molar-refractivity contribution in [3.05, 3.63) is 23.9 Å². The second-order valence-electron chi connectivity index (χ2n) is 6.13. The van der Waals surface area contributed by atoms with Crippen LogP contribution in [-0.4, -0.2) is 65.0 Å². The van der Waals surface area contributed by atoms with Gasteiger partial charge in [-0.3, -0.25) is 4.79 Å². The number of hydrogen-bond donors (Lipinski definition) is 2. The van der Waals surface area contributed by atoms with E-state index in [-0.39, 0.29) is 30.2 Å². The van der Waals surface area contributed by atoms with Crippen LogP contribution in [0.2, 0.25) is 0 Å². The second kappa shape index (κ2) is 7.02. The lowest BCUT2D eigenvalue weighted by molar-refractivity contribution is 0.0752. The lowest BCUT2D eigenvalue weighted by Gasteiger charge is -2.22. The first kappa shape index (κ1) is 16.9. The fourth-order valence-electron chi connectivity index (χ4n) is 2.99. The number of benzene rings is 1. The molecule has 11 nitrogen and oxygen atoms in total. The number of ether oxygens (including phenoxy) is 2. The van der Waals surface area contributed by atoms with E-state index in [2.05, 4.69) is 20.3 Å². The quantitative estimate of drug-likeness (QED) is 0.786. The highest BCUT2D eigenvalue weighted by molar-refractivity contribution is 5.96. The van der Waals surface area contributed by atoms with Gasteiger partial charge in [0.25, 0.3) is 5.91 Å². The average molecular weight is 374 g/mol. The molecule has 1 fully saturated rings. The molecule has 1 aromatic carbocycles. The Morgan fingerprint density at radius 1 is 1.04 bits per heavy atom. The predicted octanol–water partition coefficient (Wildman–Crippen LogP) is 0.760. The van der Waals surface area contributed by atoms with Crippen molar-refractivity contribution >= 4 is 23.4 Å². The Bertz CT molecular complexity index is 869. The zero-order chi connectivity index (χ0) is 18.8. The second-order valence-corrected chi connectivity index (χ2v) is 6.13. The summed E-state index contributed by atoms with van der Waals surface area (Å²) in [5.41, 5.74) is 6.19. The Morgan fingerprint density at radius 2 is 1.81 bits per heavy atom. The number of anilines is 2. The van der Waals surface area contributed by atoms with E-state index in [1.807, 2.05) is 0 Å². The van der Waals surface area contributed by atoms with Gasteiger partial charge in [0, 0.05) is 37.9 Å². The van der Waals surface area contributed by atoms with Crippen LogP contribution in [0.3, 0.4) is 0 Å². The first-order valence-corrected chi connectivity index (χ1v) is 8.45. The molecule has 0 radical (unpaired) electrons. The van der Waals surface area contributed by atoms with Crippen LogP contribution in [-0.2, 0) is 0 Å². The molecule has 4 rings (SSSR count). The zero-order valence-corrected chi connectivity index (χ0v) is 14.4. The summed E-state index contributed by atoms with van der Waals surface area (Å²) in [6.45, 7) is 1.92. The molecule has 0 unspecified atom stereocenters. The van der Waals surface area contributed by atoms with Gasteiger partial charge in [-0.05, 0) is 28.9 Å². The molecular weight excluding hydrogens is 356 g/mol. The molecule has 1 saturated heterocycles. The first-order valence-electron chi connectivity index (χ1n) is 8.45. The zero-order valence-electron chi connectivity index (χ0n) is 14.4. The van der Waals surface area contributed by atoms with Crippen LogP contribution in [0.4, 0.5) is 16.3 Å². The summed E-state index contributed by atoms with van der Waals surface area (Å²) in [7, 11) is 0. The van der Waals surface area contributed by atoms with Crippen molar-refractivity contribution in [3.8, 4) is 11.5 Å². The third-order valence-corrected chi connectivity index (χ3v) is 4.41. The number of amides is 3. The van der Waals surface area contributed by atoms with E-state index in [1.165, 1.54) is 0 Å². The Kier molecular flexibility index (Phi) is 4.40. The molecule has 0 bridgehead atoms. The van der Waals surface area contributed by atoms with Crippen LogP contribution in [0.1, 0.15) is 16.9 Å². The van der Waals surface area contributed by atoms with Crippen LogP contribution in [0.25, 0.3) is 0 Å². The third kappa shape index (κ3) is 3.43. The molecule has 2 aliphatic heterocycles. The number of carbonyl (C=O) groups excluding carboxylic acids is 2. The Balaban J connectivity index is 1.37. The number of hydrogen-bond acceptors (Lipinski definition) is 8. The molecule has 2 aliphatic rings. The van der Waals surface area contributed by atoms with Crippen LogP contribution >= 0.6 is 0 Å². The number of aromatic nitrogens is 2. The van der Waals surface area contributed by atoms with Gasteiger partial charge in [0.1, 0.15) is 0 Å². The summed E-state index contributed by atoms with van der Waals surface area (Å²) < 4.78 is 15.0. The third-order valence-electron chi connectivity index (χ3n) is 4.41. The highest BCUT2D eigenvalue weighted by Crippen LogP contribution is 2.34. The maximum Gasteiger partial charge on any atom is 0.321 e. The normalized spacial score (nSPS) is 16.1. The minimum absolute atomic E-state index is 0.00624. The number of nitrogens with two attached hydrogens (primary N) is 1. The average Bonchev–Trinajstić information content (AvgIpc) is 3.22. The summed E-state index contributed by atoms with van der Waals surface area (Å²) >= 11 is 0. The Morgan fingerprint density at radius 3 is 2.63 bits per heavy atom. The number of carbonyl (C=O) groups is 2. The van der Waals surface area contributed by atoms with Crippen LogP contribution in [0.15, 0.2) is 22.8 Å². The molecule has 142 valence electrons. The standard InChI is InChI=1S/C16H18N6O5/c17-14-13(19-27-20-14)15(23)21-4-1-5-22(7-6-21)16(24)18-10-2-3-11-12(8-10)26-9-25-11/h2-3,8H,1,4-7,9H2,(H2,17,20)(H,18,24). The van der Waals surface area contributed by atoms with Crippen molar-refractivity contribution in [2.75, 3.05) is 44.0 Å². The minimum atomic E-state index is -0.355. The molecule has 0 spiro atoms. The molecule has 0 saturated carbocycles. The van der Waals surface area contributed by atoms with Gasteiger partial charge in [0.05, 0.1) is 0 Å². The number of nitrogen functional groups attached to an aromatic ring is 1. The Labute approximate surface area is 153 Å². The first-order chi connectivity index (χ1) is 13.1. The van der Waals surface area contributed by atoms with Gasteiger partial charge in [-0.1, -0.05) is 0 Å². The van der Waals surface area contributed by atoms with E-state index >= 15 is 0 Å². The number of nitrogens with one attached hydrogen (secondary N) is 1. The van der Waals surface area contributed by atoms with Gasteiger partial charge in [-0.25, -0.2) is 9.42 Å². The molecular formula is C16H18N6O5. The van der Waals surface area contributed by atoms with E-state index < -0.39 is 0 Å². The van der Waals surface area contributed by atoms with Crippen molar-refractivity contribution in [2.45, 2.75) is 6.42 Å². The van der Waals surface area contributed by atoms with Crippen molar-refractivity contribution in [3.63, 3.8) is 0 Å². The SMILES string of the molecule is Nc1nonc1C(=O)N1CCCN(C(=O)Nc2ccc3c(c2)OCO3)CC1. The van der Waals surface area contributed by atoms with Crippen LogP contribution in [0.5, 0.6) is 11.5 Å². The lowest BCUT2D eigenvalue weighted by Crippen LogP contribution is -2.39. The summed E-state index contributed by atoms with van der Waals surface area (Å²) in [5.74, 6) is 0.853. The van der Waals surface area contributed by atoms with Crippen LogP contribution in [0, 0.1) is 0 Å². The number of rotatable bonds is 2. The molecule has 3 heterocycles. The van der Waals surface area contributed by atoms with Gasteiger partial charge in [0.15, 0.2) is 11.5 Å². The van der Waals surface area contributed by atoms with Gasteiger partial charge in [-0.2, -0.15) is 0 Å². The van der Waals surface area contributed by atoms with E-state index in [9.17, 15) is 9.59 Å². The molecule has 1 aromatic heterocycles. The smallest absolute Gasteiger partial charge is 0.321 e. The number of nitrogens with zero attached hydrogens (tertiary/aromatic N) is 4. The largest absolute Gasteiger partial charge is 0.454 e. The van der Waals surface area contributed by atoms with Crippen molar-refractivity contribution in [2.24, 2.45) is 0 Å². The van der Waals surface area contributed by atoms with Crippen LogP contribution < -0.4 is 20.5 Å². The fraction of sp³-hybridized carbons (Fsp3) is 0.375. The van der Waals surface area contributed by atoms with Gasteiger partial charge < -0.3 is 30.3 Å². The van der Waals surface area contributed by atoms with Crippen molar-refractivity contribution < 1.29 is 23.7 Å². The van der Waals surface area contributed by atoms with E-state index in [0.717, 1.165) is 0 Å². The maximum atomic E-state index is 12.6. The molecule has 3 N–H and O–H groups in total. The summed E-state index contributed by atoms with van der Waals surface area (Å²) in [5, 5.41) is 9.80. The summed E-state index contributed by atoms with van der Waals surface area (Å²) in [4.78, 5) is 28.3. The monoisotopic (exact) mass is 374 g/mol.